The number of benzene rings is 2. The summed E-state index contributed by atoms with van der Waals surface area (Å²) in [7, 11) is 0. The molecule has 1 aliphatic heterocycles. The summed E-state index contributed by atoms with van der Waals surface area (Å²) >= 11 is 0. The normalized spacial score (nSPS) is 19.7. The molecule has 0 saturated carbocycles. The van der Waals surface area contributed by atoms with Gasteiger partial charge in [-0.3, -0.25) is 14.5 Å². The molecule has 1 fully saturated rings. The molecule has 5 nitrogen and oxygen atoms in total. The van der Waals surface area contributed by atoms with Crippen LogP contribution in [-0.2, 0) is 16.1 Å². The van der Waals surface area contributed by atoms with Gasteiger partial charge in [0.1, 0.15) is 5.75 Å². The van der Waals surface area contributed by atoms with Gasteiger partial charge in [0.2, 0.25) is 5.91 Å². The number of nitrogens with one attached hydrogen (secondary N) is 1. The molecule has 0 spiro atoms. The van der Waals surface area contributed by atoms with Crippen LogP contribution < -0.4 is 10.1 Å². The number of carbonyl (C=O) groups is 2. The summed E-state index contributed by atoms with van der Waals surface area (Å²) in [4.78, 5) is 25.3. The minimum absolute atomic E-state index is 0.00534. The number of anilines is 1. The van der Waals surface area contributed by atoms with Crippen molar-refractivity contribution in [2.45, 2.75) is 26.1 Å². The first-order valence-corrected chi connectivity index (χ1v) is 9.12. The van der Waals surface area contributed by atoms with E-state index >= 15 is 0 Å². The maximum absolute atomic E-state index is 13.9. The van der Waals surface area contributed by atoms with E-state index in [2.05, 4.69) is 5.32 Å². The minimum Gasteiger partial charge on any atom is -0.426 e. The van der Waals surface area contributed by atoms with Gasteiger partial charge in [-0.1, -0.05) is 30.3 Å². The molecular weight excluding hydrogens is 385 g/mol. The third-order valence-electron chi connectivity index (χ3n) is 4.92. The van der Waals surface area contributed by atoms with Gasteiger partial charge in [-0.2, -0.15) is 13.2 Å². The number of likely N-dealkylation sites (tertiary alicyclic amines) is 1. The Morgan fingerprint density at radius 3 is 2.34 bits per heavy atom. The zero-order valence-electron chi connectivity index (χ0n) is 15.8. The van der Waals surface area contributed by atoms with Crippen molar-refractivity contribution in [1.82, 2.24) is 4.90 Å². The average Bonchev–Trinajstić information content (AvgIpc) is 3.09. The van der Waals surface area contributed by atoms with E-state index in [0.29, 0.717) is 12.2 Å². The Balaban J connectivity index is 1.73. The van der Waals surface area contributed by atoms with Gasteiger partial charge in [0.05, 0.1) is 0 Å². The fourth-order valence-corrected chi connectivity index (χ4v) is 3.39. The van der Waals surface area contributed by atoms with Crippen LogP contribution in [0.4, 0.5) is 18.9 Å². The Kier molecular flexibility index (Phi) is 5.93. The third kappa shape index (κ3) is 4.76. The van der Waals surface area contributed by atoms with Gasteiger partial charge in [0.15, 0.2) is 5.41 Å². The van der Waals surface area contributed by atoms with Gasteiger partial charge in [0.25, 0.3) is 0 Å². The summed E-state index contributed by atoms with van der Waals surface area (Å²) in [5, 5.41) is 2.54. The number of hydrogen-bond acceptors (Lipinski definition) is 4. The number of rotatable bonds is 5. The molecule has 2 aromatic carbocycles. The van der Waals surface area contributed by atoms with Crippen molar-refractivity contribution >= 4 is 17.6 Å². The lowest BCUT2D eigenvalue weighted by atomic mass is 9.86. The number of esters is 1. The molecule has 1 saturated heterocycles. The van der Waals surface area contributed by atoms with Crippen LogP contribution in [0.1, 0.15) is 18.9 Å². The van der Waals surface area contributed by atoms with E-state index in [0.717, 1.165) is 5.56 Å². The Morgan fingerprint density at radius 2 is 1.76 bits per heavy atom. The Bertz CT molecular complexity index is 869. The smallest absolute Gasteiger partial charge is 0.406 e. The second-order valence-corrected chi connectivity index (χ2v) is 7.12. The van der Waals surface area contributed by atoms with Crippen LogP contribution in [0.2, 0.25) is 0 Å². The second kappa shape index (κ2) is 8.24. The molecule has 154 valence electrons. The van der Waals surface area contributed by atoms with Crippen LogP contribution in [0.25, 0.3) is 0 Å². The maximum atomic E-state index is 13.9. The van der Waals surface area contributed by atoms with Crippen LogP contribution in [0.15, 0.2) is 54.6 Å². The standard InChI is InChI=1S/C21H21F3N2O3/c1-15(27)25-17-7-9-18(10-8-17)29-19(28)20(21(22,23)24)11-12-26(14-20)13-16-5-3-2-4-6-16/h2-10H,11-14H2,1H3,(H,25,27)/t20-/m1/s1. The Labute approximate surface area is 166 Å². The molecule has 1 atom stereocenters. The molecule has 1 amide bonds. The number of ether oxygens (including phenoxy) is 1. The third-order valence-corrected chi connectivity index (χ3v) is 4.92. The van der Waals surface area contributed by atoms with Gasteiger partial charge < -0.3 is 10.1 Å². The lowest BCUT2D eigenvalue weighted by Gasteiger charge is -2.29. The highest BCUT2D eigenvalue weighted by atomic mass is 19.4. The van der Waals surface area contributed by atoms with E-state index in [1.807, 2.05) is 30.3 Å². The van der Waals surface area contributed by atoms with Crippen molar-refractivity contribution in [3.8, 4) is 5.75 Å². The summed E-state index contributed by atoms with van der Waals surface area (Å²) in [5.41, 5.74) is -1.23. The highest BCUT2D eigenvalue weighted by molar-refractivity contribution is 5.88. The molecule has 0 radical (unpaired) electrons. The van der Waals surface area contributed by atoms with E-state index in [1.54, 1.807) is 4.90 Å². The molecule has 1 aliphatic rings. The molecule has 2 aromatic rings. The Hall–Kier alpha value is -2.87. The molecular formula is C21H21F3N2O3. The van der Waals surface area contributed by atoms with Gasteiger partial charge >= 0.3 is 12.1 Å². The monoisotopic (exact) mass is 406 g/mol. The number of carbonyl (C=O) groups excluding carboxylic acids is 2. The summed E-state index contributed by atoms with van der Waals surface area (Å²) < 4.78 is 46.8. The molecule has 0 aliphatic carbocycles. The zero-order chi connectivity index (χ0) is 21.1. The van der Waals surface area contributed by atoms with Crippen LogP contribution in [0.3, 0.4) is 0 Å². The van der Waals surface area contributed by atoms with Crippen molar-refractivity contribution in [2.75, 3.05) is 18.4 Å². The van der Waals surface area contributed by atoms with Crippen molar-refractivity contribution in [3.05, 3.63) is 60.2 Å². The van der Waals surface area contributed by atoms with Gasteiger partial charge in [0, 0.05) is 32.2 Å². The van der Waals surface area contributed by atoms with Gasteiger partial charge in [-0.05, 0) is 36.2 Å². The van der Waals surface area contributed by atoms with Gasteiger partial charge in [-0.15, -0.1) is 0 Å². The molecule has 29 heavy (non-hydrogen) atoms. The van der Waals surface area contributed by atoms with Crippen molar-refractivity contribution in [3.63, 3.8) is 0 Å². The SMILES string of the molecule is CC(=O)Nc1ccc(OC(=O)[C@@]2(C(F)(F)F)CCN(Cc3ccccc3)C2)cc1. The van der Waals surface area contributed by atoms with Crippen molar-refractivity contribution in [2.24, 2.45) is 5.41 Å². The first-order valence-electron chi connectivity index (χ1n) is 9.12. The Morgan fingerprint density at radius 1 is 1.10 bits per heavy atom. The molecule has 0 bridgehead atoms. The second-order valence-electron chi connectivity index (χ2n) is 7.12. The number of alkyl halides is 3. The molecule has 8 heteroatoms. The summed E-state index contributed by atoms with van der Waals surface area (Å²) in [6.07, 6.45) is -5.09. The van der Waals surface area contributed by atoms with Crippen LogP contribution >= 0.6 is 0 Å². The van der Waals surface area contributed by atoms with E-state index in [1.165, 1.54) is 31.2 Å². The predicted octanol–water partition coefficient (Wildman–Crippen LogP) is 4.01. The number of amides is 1. The first-order chi connectivity index (χ1) is 13.7. The highest BCUT2D eigenvalue weighted by Gasteiger charge is 2.64. The highest BCUT2D eigenvalue weighted by Crippen LogP contribution is 2.46. The van der Waals surface area contributed by atoms with E-state index in [4.69, 9.17) is 4.74 Å². The number of hydrogen-bond donors (Lipinski definition) is 1. The minimum atomic E-state index is -4.73. The zero-order valence-corrected chi connectivity index (χ0v) is 15.8. The van der Waals surface area contributed by atoms with E-state index < -0.39 is 24.1 Å². The molecule has 1 heterocycles. The number of halogens is 3. The largest absolute Gasteiger partial charge is 0.426 e. The van der Waals surface area contributed by atoms with E-state index in [-0.39, 0.29) is 24.6 Å². The van der Waals surface area contributed by atoms with Crippen molar-refractivity contribution < 1.29 is 27.5 Å². The molecule has 1 N–H and O–H groups in total. The molecule has 3 rings (SSSR count). The van der Waals surface area contributed by atoms with Crippen LogP contribution in [0.5, 0.6) is 5.75 Å². The fraction of sp³-hybridized carbons (Fsp3) is 0.333. The number of nitrogens with zero attached hydrogens (tertiary/aromatic N) is 1. The quantitative estimate of drug-likeness (QED) is 0.602. The van der Waals surface area contributed by atoms with Crippen LogP contribution in [0, 0.1) is 5.41 Å². The molecule has 0 aromatic heterocycles. The van der Waals surface area contributed by atoms with Crippen LogP contribution in [-0.4, -0.2) is 36.0 Å². The summed E-state index contributed by atoms with van der Waals surface area (Å²) in [5.74, 6) is -1.60. The molecule has 0 unspecified atom stereocenters. The lowest BCUT2D eigenvalue weighted by Crippen LogP contribution is -2.49. The van der Waals surface area contributed by atoms with E-state index in [9.17, 15) is 22.8 Å². The van der Waals surface area contributed by atoms with Gasteiger partial charge in [-0.25, -0.2) is 0 Å². The predicted molar refractivity (Wildman–Crippen MR) is 101 cm³/mol. The van der Waals surface area contributed by atoms with Crippen molar-refractivity contribution in [1.29, 1.82) is 0 Å². The first kappa shape index (κ1) is 20.9. The summed E-state index contributed by atoms with van der Waals surface area (Å²) in [6.45, 7) is 1.36. The summed E-state index contributed by atoms with van der Waals surface area (Å²) in [6, 6.07) is 14.8. The average molecular weight is 406 g/mol. The lowest BCUT2D eigenvalue weighted by molar-refractivity contribution is -0.226. The maximum Gasteiger partial charge on any atom is 0.406 e. The fourth-order valence-electron chi connectivity index (χ4n) is 3.39. The topological polar surface area (TPSA) is 58.6 Å².